The second-order valence-electron chi connectivity index (χ2n) is 5.12. The minimum atomic E-state index is -0.359. The summed E-state index contributed by atoms with van der Waals surface area (Å²) < 4.78 is 4.81. The summed E-state index contributed by atoms with van der Waals surface area (Å²) >= 11 is 0. The lowest BCUT2D eigenvalue weighted by Gasteiger charge is -2.36. The molecule has 14 heavy (non-hydrogen) atoms. The van der Waals surface area contributed by atoms with E-state index in [0.29, 0.717) is 14.5 Å². The van der Waals surface area contributed by atoms with Crippen LogP contribution >= 0.6 is 8.58 Å². The Morgan fingerprint density at radius 2 is 1.64 bits per heavy atom. The first kappa shape index (κ1) is 13.9. The number of carbonyl (C=O) groups excluding carboxylic acids is 1. The maximum absolute atomic E-state index is 11.5. The molecule has 0 fully saturated rings. The van der Waals surface area contributed by atoms with E-state index in [1.165, 1.54) is 7.11 Å². The van der Waals surface area contributed by atoms with Gasteiger partial charge in [0.15, 0.2) is 0 Å². The predicted octanol–water partition coefficient (Wildman–Crippen LogP) is 3.05. The quantitative estimate of drug-likeness (QED) is 0.535. The zero-order valence-corrected chi connectivity index (χ0v) is 11.4. The molecule has 0 amide bonds. The zero-order valence-electron chi connectivity index (χ0n) is 10.4. The minimum absolute atomic E-state index is 0.107. The van der Waals surface area contributed by atoms with Crippen LogP contribution in [0.25, 0.3) is 0 Å². The Balaban J connectivity index is 4.58. The van der Waals surface area contributed by atoms with Crippen molar-refractivity contribution in [3.05, 3.63) is 0 Å². The third kappa shape index (κ3) is 3.57. The SMILES string of the molecule is COC(=O)C(C)(C)PC(C)(C)C(C)C. The molecule has 0 heterocycles. The molecule has 0 radical (unpaired) electrons. The van der Waals surface area contributed by atoms with Crippen LogP contribution in [-0.4, -0.2) is 23.4 Å². The molecule has 0 aromatic heterocycles. The largest absolute Gasteiger partial charge is 0.468 e. The highest BCUT2D eigenvalue weighted by molar-refractivity contribution is 7.43. The lowest BCUT2D eigenvalue weighted by atomic mass is 9.99. The van der Waals surface area contributed by atoms with E-state index in [-0.39, 0.29) is 16.3 Å². The van der Waals surface area contributed by atoms with Gasteiger partial charge in [0.05, 0.1) is 12.3 Å². The Kier molecular flexibility index (Phi) is 4.58. The third-order valence-corrected chi connectivity index (χ3v) is 4.82. The van der Waals surface area contributed by atoms with E-state index in [2.05, 4.69) is 27.7 Å². The molecule has 0 rings (SSSR count). The molecule has 0 N–H and O–H groups in total. The standard InChI is InChI=1S/C11H23O2P/c1-8(2)10(3,4)14-11(5,6)9(12)13-7/h8,14H,1-7H3. The van der Waals surface area contributed by atoms with Gasteiger partial charge in [0.1, 0.15) is 0 Å². The summed E-state index contributed by atoms with van der Waals surface area (Å²) in [4.78, 5) is 11.5. The molecule has 0 bridgehead atoms. The predicted molar refractivity (Wildman–Crippen MR) is 63.3 cm³/mol. The number of esters is 1. The molecule has 0 aromatic rings. The number of ether oxygens (including phenoxy) is 1. The minimum Gasteiger partial charge on any atom is -0.468 e. The van der Waals surface area contributed by atoms with Gasteiger partial charge in [0, 0.05) is 0 Å². The number of carbonyl (C=O) groups is 1. The molecule has 2 nitrogen and oxygen atoms in total. The molecule has 0 aliphatic rings. The number of methoxy groups -OCH3 is 1. The van der Waals surface area contributed by atoms with E-state index in [9.17, 15) is 4.79 Å². The molecule has 0 aromatic carbocycles. The van der Waals surface area contributed by atoms with Gasteiger partial charge in [-0.1, -0.05) is 36.3 Å². The van der Waals surface area contributed by atoms with Gasteiger partial charge in [-0.15, -0.1) is 0 Å². The van der Waals surface area contributed by atoms with Crippen LogP contribution in [0.5, 0.6) is 0 Å². The Hall–Kier alpha value is -0.100. The van der Waals surface area contributed by atoms with Crippen molar-refractivity contribution in [1.29, 1.82) is 0 Å². The van der Waals surface area contributed by atoms with Crippen molar-refractivity contribution >= 4 is 14.6 Å². The van der Waals surface area contributed by atoms with Crippen LogP contribution in [0.4, 0.5) is 0 Å². The molecule has 1 unspecified atom stereocenters. The van der Waals surface area contributed by atoms with Crippen molar-refractivity contribution in [1.82, 2.24) is 0 Å². The van der Waals surface area contributed by atoms with E-state index < -0.39 is 0 Å². The maximum atomic E-state index is 11.5. The molecule has 0 aliphatic heterocycles. The Morgan fingerprint density at radius 1 is 1.21 bits per heavy atom. The van der Waals surface area contributed by atoms with E-state index in [1.54, 1.807) is 0 Å². The fourth-order valence-electron chi connectivity index (χ4n) is 1.26. The van der Waals surface area contributed by atoms with Gasteiger partial charge >= 0.3 is 5.97 Å². The average Bonchev–Trinajstić information content (AvgIpc) is 2.00. The first-order valence-electron chi connectivity index (χ1n) is 5.01. The summed E-state index contributed by atoms with van der Waals surface area (Å²) in [5.74, 6) is 0.467. The van der Waals surface area contributed by atoms with E-state index in [0.717, 1.165) is 0 Å². The highest BCUT2D eigenvalue weighted by atomic mass is 31.1. The lowest BCUT2D eigenvalue weighted by Crippen LogP contribution is -2.35. The van der Waals surface area contributed by atoms with Crippen molar-refractivity contribution in [3.8, 4) is 0 Å². The topological polar surface area (TPSA) is 26.3 Å². The van der Waals surface area contributed by atoms with Crippen LogP contribution in [-0.2, 0) is 9.53 Å². The molecule has 84 valence electrons. The van der Waals surface area contributed by atoms with E-state index >= 15 is 0 Å². The van der Waals surface area contributed by atoms with Crippen LogP contribution in [0.2, 0.25) is 0 Å². The average molecular weight is 218 g/mol. The van der Waals surface area contributed by atoms with Crippen molar-refractivity contribution in [3.63, 3.8) is 0 Å². The second kappa shape index (κ2) is 4.61. The summed E-state index contributed by atoms with van der Waals surface area (Å²) in [7, 11) is 2.03. The first-order chi connectivity index (χ1) is 6.13. The summed E-state index contributed by atoms with van der Waals surface area (Å²) in [6, 6.07) is 0. The molecule has 0 aliphatic carbocycles. The van der Waals surface area contributed by atoms with Gasteiger partial charge in [0.2, 0.25) is 0 Å². The van der Waals surface area contributed by atoms with Gasteiger partial charge in [-0.05, 0) is 24.9 Å². The van der Waals surface area contributed by atoms with Gasteiger partial charge in [-0.2, -0.15) is 0 Å². The summed E-state index contributed by atoms with van der Waals surface area (Å²) in [6.45, 7) is 12.7. The molecular formula is C11H23O2P. The monoisotopic (exact) mass is 218 g/mol. The molecular weight excluding hydrogens is 195 g/mol. The highest BCUT2D eigenvalue weighted by Gasteiger charge is 2.36. The Bertz CT molecular complexity index is 207. The third-order valence-electron chi connectivity index (χ3n) is 2.77. The number of hydrogen-bond donors (Lipinski definition) is 0. The van der Waals surface area contributed by atoms with Crippen LogP contribution in [0, 0.1) is 5.92 Å². The Labute approximate surface area is 89.6 Å². The molecule has 1 atom stereocenters. The van der Waals surface area contributed by atoms with Crippen molar-refractivity contribution in [2.75, 3.05) is 7.11 Å². The zero-order chi connectivity index (χ0) is 11.6. The number of hydrogen-bond acceptors (Lipinski definition) is 2. The van der Waals surface area contributed by atoms with Gasteiger partial charge in [0.25, 0.3) is 0 Å². The molecule has 0 saturated heterocycles. The molecule has 0 spiro atoms. The van der Waals surface area contributed by atoms with Crippen molar-refractivity contribution < 1.29 is 9.53 Å². The van der Waals surface area contributed by atoms with Crippen LogP contribution in [0.1, 0.15) is 41.5 Å². The van der Waals surface area contributed by atoms with Crippen LogP contribution in [0.15, 0.2) is 0 Å². The van der Waals surface area contributed by atoms with Crippen molar-refractivity contribution in [2.24, 2.45) is 5.92 Å². The second-order valence-corrected chi connectivity index (χ2v) is 7.91. The van der Waals surface area contributed by atoms with Gasteiger partial charge in [-0.25, -0.2) is 0 Å². The summed E-state index contributed by atoms with van der Waals surface area (Å²) in [5.41, 5.74) is 0. The summed E-state index contributed by atoms with van der Waals surface area (Å²) in [6.07, 6.45) is 0. The highest BCUT2D eigenvalue weighted by Crippen LogP contribution is 2.47. The molecule has 3 heteroatoms. The molecule has 0 saturated carbocycles. The van der Waals surface area contributed by atoms with E-state index in [1.807, 2.05) is 13.8 Å². The summed E-state index contributed by atoms with van der Waals surface area (Å²) in [5, 5.41) is -0.166. The van der Waals surface area contributed by atoms with Crippen LogP contribution < -0.4 is 0 Å². The lowest BCUT2D eigenvalue weighted by molar-refractivity contribution is -0.142. The van der Waals surface area contributed by atoms with Gasteiger partial charge < -0.3 is 4.74 Å². The normalized spacial score (nSPS) is 14.0. The Morgan fingerprint density at radius 3 is 1.93 bits per heavy atom. The fraction of sp³-hybridized carbons (Fsp3) is 0.909. The van der Waals surface area contributed by atoms with Crippen molar-refractivity contribution in [2.45, 2.75) is 51.9 Å². The fourth-order valence-corrected chi connectivity index (χ4v) is 3.36. The van der Waals surface area contributed by atoms with E-state index in [4.69, 9.17) is 4.74 Å². The maximum Gasteiger partial charge on any atom is 0.315 e. The first-order valence-corrected chi connectivity index (χ1v) is 6.01. The van der Waals surface area contributed by atoms with Gasteiger partial charge in [-0.3, -0.25) is 4.79 Å². The van der Waals surface area contributed by atoms with Crippen LogP contribution in [0.3, 0.4) is 0 Å². The smallest absolute Gasteiger partial charge is 0.315 e. The number of rotatable bonds is 4.